The van der Waals surface area contributed by atoms with Crippen molar-refractivity contribution < 1.29 is 23.1 Å². The molecular weight excluding hydrogens is 353 g/mol. The molecule has 0 amide bonds. The van der Waals surface area contributed by atoms with Crippen LogP contribution in [0, 0.1) is 5.92 Å². The molecule has 0 aromatic heterocycles. The number of carboxylic acid groups (broad SMARTS) is 1. The molecule has 1 heterocycles. The highest BCUT2D eigenvalue weighted by Crippen LogP contribution is 2.35. The molecule has 9 heteroatoms. The van der Waals surface area contributed by atoms with Crippen molar-refractivity contribution in [3.8, 4) is 5.75 Å². The summed E-state index contributed by atoms with van der Waals surface area (Å²) in [6.45, 7) is 0.276. The van der Waals surface area contributed by atoms with Gasteiger partial charge in [0.1, 0.15) is 10.6 Å². The van der Waals surface area contributed by atoms with Crippen LogP contribution in [0.3, 0.4) is 0 Å². The molecule has 0 unspecified atom stereocenters. The zero-order chi connectivity index (χ0) is 16.5. The Morgan fingerprint density at radius 1 is 1.27 bits per heavy atom. The van der Waals surface area contributed by atoms with Gasteiger partial charge in [-0.2, -0.15) is 4.31 Å². The molecule has 1 aliphatic heterocycles. The number of methoxy groups -OCH3 is 1. The monoisotopic (exact) mass is 367 g/mol. The molecule has 0 saturated carbocycles. The van der Waals surface area contributed by atoms with Crippen LogP contribution in [0.5, 0.6) is 5.75 Å². The first-order valence-electron chi connectivity index (χ1n) is 6.53. The summed E-state index contributed by atoms with van der Waals surface area (Å²) in [6.07, 6.45) is 0.548. The Hall–Kier alpha value is -1.02. The van der Waals surface area contributed by atoms with Crippen molar-refractivity contribution in [2.75, 3.05) is 20.2 Å². The number of piperidine rings is 1. The molecule has 122 valence electrons. The van der Waals surface area contributed by atoms with Gasteiger partial charge in [-0.05, 0) is 18.9 Å². The maximum absolute atomic E-state index is 12.6. The van der Waals surface area contributed by atoms with Crippen LogP contribution in [0.4, 0.5) is 0 Å². The summed E-state index contributed by atoms with van der Waals surface area (Å²) in [7, 11) is -2.42. The van der Waals surface area contributed by atoms with Crippen LogP contribution in [-0.4, -0.2) is 44.0 Å². The van der Waals surface area contributed by atoms with E-state index in [9.17, 15) is 13.2 Å². The smallest absolute Gasteiger partial charge is 0.306 e. The van der Waals surface area contributed by atoms with Gasteiger partial charge < -0.3 is 9.84 Å². The summed E-state index contributed by atoms with van der Waals surface area (Å²) in [4.78, 5) is 10.8. The van der Waals surface area contributed by atoms with Crippen molar-refractivity contribution in [2.24, 2.45) is 5.92 Å². The lowest BCUT2D eigenvalue weighted by molar-refractivity contribution is -0.142. The van der Waals surface area contributed by atoms with Crippen LogP contribution in [0.1, 0.15) is 12.8 Å². The number of carboxylic acids is 1. The SMILES string of the molecule is COc1cc(Cl)c(S(=O)(=O)N2CCC(C(=O)O)CC2)cc1Cl. The van der Waals surface area contributed by atoms with E-state index in [1.54, 1.807) is 0 Å². The fraction of sp³-hybridized carbons (Fsp3) is 0.462. The van der Waals surface area contributed by atoms with Crippen LogP contribution in [0.25, 0.3) is 0 Å². The summed E-state index contributed by atoms with van der Waals surface area (Å²) in [5, 5.41) is 9.12. The number of rotatable bonds is 4. The molecule has 1 aromatic carbocycles. The second-order valence-electron chi connectivity index (χ2n) is 4.93. The topological polar surface area (TPSA) is 83.9 Å². The van der Waals surface area contributed by atoms with Gasteiger partial charge in [-0.3, -0.25) is 4.79 Å². The minimum absolute atomic E-state index is 0.0154. The molecule has 0 aliphatic carbocycles. The molecule has 0 spiro atoms. The van der Waals surface area contributed by atoms with Gasteiger partial charge in [0.15, 0.2) is 0 Å². The minimum Gasteiger partial charge on any atom is -0.495 e. The predicted octanol–water partition coefficient (Wildman–Crippen LogP) is 2.49. The van der Waals surface area contributed by atoms with E-state index in [4.69, 9.17) is 33.0 Å². The normalized spacial score (nSPS) is 17.4. The van der Waals surface area contributed by atoms with Crippen LogP contribution < -0.4 is 4.74 Å². The highest BCUT2D eigenvalue weighted by Gasteiger charge is 2.33. The highest BCUT2D eigenvalue weighted by atomic mass is 35.5. The summed E-state index contributed by atoms with van der Waals surface area (Å²) < 4.78 is 31.5. The van der Waals surface area contributed by atoms with Gasteiger partial charge in [0.05, 0.1) is 23.1 Å². The number of carbonyl (C=O) groups is 1. The van der Waals surface area contributed by atoms with Crippen molar-refractivity contribution in [3.05, 3.63) is 22.2 Å². The Kier molecular flexibility index (Phi) is 5.21. The lowest BCUT2D eigenvalue weighted by Gasteiger charge is -2.29. The Morgan fingerprint density at radius 2 is 1.86 bits per heavy atom. The largest absolute Gasteiger partial charge is 0.495 e. The summed E-state index contributed by atoms with van der Waals surface area (Å²) in [5.74, 6) is -1.13. The van der Waals surface area contributed by atoms with Crippen molar-refractivity contribution >= 4 is 39.2 Å². The molecule has 0 bridgehead atoms. The molecule has 1 N–H and O–H groups in total. The number of nitrogens with zero attached hydrogens (tertiary/aromatic N) is 1. The zero-order valence-corrected chi connectivity index (χ0v) is 14.1. The second-order valence-corrected chi connectivity index (χ2v) is 7.65. The van der Waals surface area contributed by atoms with E-state index in [1.165, 1.54) is 23.5 Å². The first-order valence-corrected chi connectivity index (χ1v) is 8.73. The molecule has 1 aromatic rings. The molecule has 1 aliphatic rings. The average molecular weight is 368 g/mol. The Labute approximate surface area is 138 Å². The predicted molar refractivity (Wildman–Crippen MR) is 82.1 cm³/mol. The number of hydrogen-bond acceptors (Lipinski definition) is 4. The van der Waals surface area contributed by atoms with Crippen LogP contribution in [-0.2, 0) is 14.8 Å². The second kappa shape index (κ2) is 6.62. The summed E-state index contributed by atoms with van der Waals surface area (Å²) in [6, 6.07) is 2.60. The Balaban J connectivity index is 2.28. The van der Waals surface area contributed by atoms with Crippen molar-refractivity contribution in [1.29, 1.82) is 0 Å². The van der Waals surface area contributed by atoms with E-state index in [2.05, 4.69) is 0 Å². The standard InChI is InChI=1S/C13H15Cl2NO5S/c1-21-11-6-10(15)12(7-9(11)14)22(19,20)16-4-2-8(3-5-16)13(17)18/h6-8H,2-5H2,1H3,(H,17,18). The van der Waals surface area contributed by atoms with Gasteiger partial charge in [0.2, 0.25) is 10.0 Å². The zero-order valence-electron chi connectivity index (χ0n) is 11.8. The fourth-order valence-electron chi connectivity index (χ4n) is 2.35. The minimum atomic E-state index is -3.82. The van der Waals surface area contributed by atoms with Gasteiger partial charge in [-0.25, -0.2) is 8.42 Å². The molecule has 6 nitrogen and oxygen atoms in total. The van der Waals surface area contributed by atoms with Crippen LogP contribution >= 0.6 is 23.2 Å². The summed E-state index contributed by atoms with van der Waals surface area (Å²) >= 11 is 12.0. The van der Waals surface area contributed by atoms with Crippen LogP contribution in [0.2, 0.25) is 10.0 Å². The number of benzene rings is 1. The van der Waals surface area contributed by atoms with Gasteiger partial charge in [0.25, 0.3) is 0 Å². The Bertz CT molecular complexity index is 684. The lowest BCUT2D eigenvalue weighted by Crippen LogP contribution is -2.40. The average Bonchev–Trinajstić information content (AvgIpc) is 2.49. The number of sulfonamides is 1. The third kappa shape index (κ3) is 3.32. The molecule has 2 rings (SSSR count). The van der Waals surface area contributed by atoms with Gasteiger partial charge >= 0.3 is 5.97 Å². The molecule has 1 saturated heterocycles. The first-order chi connectivity index (χ1) is 10.3. The fourth-order valence-corrected chi connectivity index (χ4v) is 4.64. The van der Waals surface area contributed by atoms with E-state index >= 15 is 0 Å². The van der Waals surface area contributed by atoms with Crippen molar-refractivity contribution in [2.45, 2.75) is 17.7 Å². The molecule has 1 fully saturated rings. The van der Waals surface area contributed by atoms with E-state index < -0.39 is 21.9 Å². The van der Waals surface area contributed by atoms with Crippen molar-refractivity contribution in [3.63, 3.8) is 0 Å². The molecule has 0 atom stereocenters. The van der Waals surface area contributed by atoms with E-state index in [0.717, 1.165) is 0 Å². The van der Waals surface area contributed by atoms with E-state index in [-0.39, 0.29) is 46.6 Å². The molecule has 22 heavy (non-hydrogen) atoms. The number of halogens is 2. The number of ether oxygens (including phenoxy) is 1. The number of aliphatic carboxylic acids is 1. The third-order valence-corrected chi connectivity index (χ3v) is 6.29. The van der Waals surface area contributed by atoms with Crippen LogP contribution in [0.15, 0.2) is 17.0 Å². The Morgan fingerprint density at radius 3 is 2.36 bits per heavy atom. The highest BCUT2D eigenvalue weighted by molar-refractivity contribution is 7.89. The third-order valence-electron chi connectivity index (χ3n) is 3.63. The van der Waals surface area contributed by atoms with Gasteiger partial charge in [-0.1, -0.05) is 23.2 Å². The van der Waals surface area contributed by atoms with E-state index in [1.807, 2.05) is 0 Å². The molecule has 0 radical (unpaired) electrons. The van der Waals surface area contributed by atoms with E-state index in [0.29, 0.717) is 0 Å². The van der Waals surface area contributed by atoms with Gasteiger partial charge in [-0.15, -0.1) is 0 Å². The van der Waals surface area contributed by atoms with Gasteiger partial charge in [0, 0.05) is 19.2 Å². The lowest BCUT2D eigenvalue weighted by atomic mass is 9.99. The summed E-state index contributed by atoms with van der Waals surface area (Å²) in [5.41, 5.74) is 0. The first kappa shape index (κ1) is 17.3. The maximum Gasteiger partial charge on any atom is 0.306 e. The van der Waals surface area contributed by atoms with Crippen molar-refractivity contribution in [1.82, 2.24) is 4.31 Å². The maximum atomic E-state index is 12.6. The quantitative estimate of drug-likeness (QED) is 0.883. The number of hydrogen-bond donors (Lipinski definition) is 1. The molecular formula is C13H15Cl2NO5S.